The molecule has 2 aromatic rings. The van der Waals surface area contributed by atoms with Gasteiger partial charge in [0, 0.05) is 6.54 Å². The predicted molar refractivity (Wildman–Crippen MR) is 64.0 cm³/mol. The Morgan fingerprint density at radius 3 is 2.83 bits per heavy atom. The molecule has 1 aliphatic rings. The van der Waals surface area contributed by atoms with Crippen molar-refractivity contribution in [2.45, 2.75) is 25.8 Å². The van der Waals surface area contributed by atoms with Crippen molar-refractivity contribution in [1.82, 2.24) is 4.57 Å². The fraction of sp³-hybridized carbons (Fsp3) is 0.385. The topological polar surface area (TPSA) is 52.2 Å². The maximum atomic E-state index is 13.6. The van der Waals surface area contributed by atoms with Crippen molar-refractivity contribution in [2.75, 3.05) is 0 Å². The van der Waals surface area contributed by atoms with Crippen molar-refractivity contribution in [1.29, 1.82) is 0 Å². The number of hydrogen-bond acceptors (Lipinski definition) is 3. The van der Waals surface area contributed by atoms with Crippen LogP contribution >= 0.6 is 0 Å². The molecule has 1 aliphatic carbocycles. The molecular formula is C13H12FNO3. The van der Waals surface area contributed by atoms with E-state index in [9.17, 15) is 14.0 Å². The Balaban J connectivity index is 2.19. The van der Waals surface area contributed by atoms with Crippen molar-refractivity contribution < 1.29 is 8.81 Å². The minimum absolute atomic E-state index is 0.145. The highest BCUT2D eigenvalue weighted by Gasteiger charge is 2.22. The third-order valence-corrected chi connectivity index (χ3v) is 3.34. The summed E-state index contributed by atoms with van der Waals surface area (Å²) in [5.74, 6) is -0.715. The normalized spacial score (nSPS) is 15.2. The molecule has 0 saturated heterocycles. The molecule has 1 aromatic heterocycles. The minimum atomic E-state index is -0.907. The van der Waals surface area contributed by atoms with Gasteiger partial charge < -0.3 is 4.42 Å². The van der Waals surface area contributed by atoms with E-state index in [0.29, 0.717) is 18.0 Å². The van der Waals surface area contributed by atoms with Gasteiger partial charge in [0.15, 0.2) is 0 Å². The Hall–Kier alpha value is -1.91. The van der Waals surface area contributed by atoms with Gasteiger partial charge in [0.25, 0.3) is 0 Å². The van der Waals surface area contributed by atoms with Crippen molar-refractivity contribution >= 4 is 10.9 Å². The molecule has 0 atom stereocenters. The minimum Gasteiger partial charge on any atom is -0.372 e. The quantitative estimate of drug-likeness (QED) is 0.834. The van der Waals surface area contributed by atoms with E-state index in [-0.39, 0.29) is 5.39 Å². The highest BCUT2D eigenvalue weighted by Crippen LogP contribution is 2.32. The number of benzene rings is 1. The van der Waals surface area contributed by atoms with E-state index in [1.54, 1.807) is 6.07 Å². The first-order chi connectivity index (χ1) is 8.66. The van der Waals surface area contributed by atoms with E-state index in [1.165, 1.54) is 29.5 Å². The van der Waals surface area contributed by atoms with Gasteiger partial charge in [-0.15, -0.1) is 0 Å². The van der Waals surface area contributed by atoms with E-state index in [0.717, 1.165) is 6.42 Å². The molecule has 1 fully saturated rings. The Labute approximate surface area is 102 Å². The molecular weight excluding hydrogens is 237 g/mol. The van der Waals surface area contributed by atoms with E-state index in [1.807, 2.05) is 0 Å². The second kappa shape index (κ2) is 4.08. The van der Waals surface area contributed by atoms with Crippen LogP contribution in [0.5, 0.6) is 0 Å². The van der Waals surface area contributed by atoms with Crippen molar-refractivity contribution in [3.8, 4) is 0 Å². The first kappa shape index (κ1) is 11.2. The van der Waals surface area contributed by atoms with Gasteiger partial charge in [0.1, 0.15) is 11.2 Å². The SMILES string of the molecule is O=c1oc(=O)n(CCC2CC2)c2cccc(F)c12. The fourth-order valence-electron chi connectivity index (χ4n) is 2.15. The number of aromatic nitrogens is 1. The van der Waals surface area contributed by atoms with Crippen LogP contribution < -0.4 is 11.4 Å². The predicted octanol–water partition coefficient (Wildman–Crippen LogP) is 1.89. The van der Waals surface area contributed by atoms with E-state index < -0.39 is 17.2 Å². The van der Waals surface area contributed by atoms with Crippen LogP contribution in [0.4, 0.5) is 4.39 Å². The van der Waals surface area contributed by atoms with Gasteiger partial charge >= 0.3 is 11.4 Å². The Bertz CT molecular complexity index is 712. The van der Waals surface area contributed by atoms with Crippen LogP contribution in [0.15, 0.2) is 32.2 Å². The third kappa shape index (κ3) is 1.85. The van der Waals surface area contributed by atoms with Gasteiger partial charge in [0.05, 0.1) is 5.52 Å². The summed E-state index contributed by atoms with van der Waals surface area (Å²) in [7, 11) is 0. The fourth-order valence-corrected chi connectivity index (χ4v) is 2.15. The van der Waals surface area contributed by atoms with Crippen LogP contribution in [0.3, 0.4) is 0 Å². The summed E-state index contributed by atoms with van der Waals surface area (Å²) >= 11 is 0. The Morgan fingerprint density at radius 1 is 1.33 bits per heavy atom. The van der Waals surface area contributed by atoms with Crippen LogP contribution in [-0.4, -0.2) is 4.57 Å². The number of halogens is 1. The second-order valence-electron chi connectivity index (χ2n) is 4.67. The summed E-state index contributed by atoms with van der Waals surface area (Å²) in [5.41, 5.74) is -0.590. The molecule has 1 aromatic carbocycles. The lowest BCUT2D eigenvalue weighted by atomic mass is 10.2. The molecule has 0 N–H and O–H groups in total. The second-order valence-corrected chi connectivity index (χ2v) is 4.67. The summed E-state index contributed by atoms with van der Waals surface area (Å²) in [6, 6.07) is 4.25. The molecule has 0 aliphatic heterocycles. The van der Waals surface area contributed by atoms with E-state index in [2.05, 4.69) is 4.42 Å². The maximum absolute atomic E-state index is 13.6. The molecule has 5 heteroatoms. The van der Waals surface area contributed by atoms with Gasteiger partial charge in [-0.05, 0) is 24.5 Å². The van der Waals surface area contributed by atoms with Crippen molar-refractivity contribution in [3.05, 3.63) is 45.0 Å². The Morgan fingerprint density at radius 2 is 2.11 bits per heavy atom. The average Bonchev–Trinajstić information content (AvgIpc) is 3.12. The standard InChI is InChI=1S/C13H12FNO3/c14-9-2-1-3-10-11(9)12(16)18-13(17)15(10)7-6-8-4-5-8/h1-3,8H,4-7H2. The largest absolute Gasteiger partial charge is 0.422 e. The van der Waals surface area contributed by atoms with Gasteiger partial charge in [0.2, 0.25) is 0 Å². The summed E-state index contributed by atoms with van der Waals surface area (Å²) in [6.07, 6.45) is 3.22. The smallest absolute Gasteiger partial charge is 0.372 e. The first-order valence-electron chi connectivity index (χ1n) is 5.99. The molecule has 0 spiro atoms. The van der Waals surface area contributed by atoms with Crippen LogP contribution in [-0.2, 0) is 6.54 Å². The van der Waals surface area contributed by atoms with Crippen molar-refractivity contribution in [3.63, 3.8) is 0 Å². The summed E-state index contributed by atoms with van der Waals surface area (Å²) in [5, 5.41) is -0.145. The zero-order valence-electron chi connectivity index (χ0n) is 9.69. The van der Waals surface area contributed by atoms with Crippen molar-refractivity contribution in [2.24, 2.45) is 5.92 Å². The molecule has 3 rings (SSSR count). The highest BCUT2D eigenvalue weighted by molar-refractivity contribution is 5.77. The molecule has 4 nitrogen and oxygen atoms in total. The third-order valence-electron chi connectivity index (χ3n) is 3.34. The lowest BCUT2D eigenvalue weighted by molar-refractivity contribution is 0.406. The van der Waals surface area contributed by atoms with Crippen LogP contribution in [0.1, 0.15) is 19.3 Å². The highest BCUT2D eigenvalue weighted by atomic mass is 19.1. The zero-order chi connectivity index (χ0) is 12.7. The van der Waals surface area contributed by atoms with Crippen LogP contribution in [0, 0.1) is 11.7 Å². The number of nitrogens with zero attached hydrogens (tertiary/aromatic N) is 1. The molecule has 0 amide bonds. The van der Waals surface area contributed by atoms with E-state index >= 15 is 0 Å². The lowest BCUT2D eigenvalue weighted by Gasteiger charge is -2.07. The summed E-state index contributed by atoms with van der Waals surface area (Å²) in [4.78, 5) is 23.2. The van der Waals surface area contributed by atoms with Gasteiger partial charge in [-0.25, -0.2) is 14.0 Å². The monoisotopic (exact) mass is 249 g/mol. The zero-order valence-corrected chi connectivity index (χ0v) is 9.69. The Kier molecular flexibility index (Phi) is 2.54. The number of hydrogen-bond donors (Lipinski definition) is 0. The van der Waals surface area contributed by atoms with E-state index in [4.69, 9.17) is 0 Å². The maximum Gasteiger partial charge on any atom is 0.422 e. The summed E-state index contributed by atoms with van der Waals surface area (Å²) in [6.45, 7) is 0.466. The molecule has 1 saturated carbocycles. The molecule has 0 radical (unpaired) electrons. The van der Waals surface area contributed by atoms with Crippen LogP contribution in [0.2, 0.25) is 0 Å². The average molecular weight is 249 g/mol. The van der Waals surface area contributed by atoms with Gasteiger partial charge in [-0.1, -0.05) is 18.9 Å². The molecule has 18 heavy (non-hydrogen) atoms. The summed E-state index contributed by atoms with van der Waals surface area (Å²) < 4.78 is 19.5. The number of aryl methyl sites for hydroxylation is 1. The molecule has 94 valence electrons. The molecule has 0 bridgehead atoms. The van der Waals surface area contributed by atoms with Crippen LogP contribution in [0.25, 0.3) is 10.9 Å². The van der Waals surface area contributed by atoms with Gasteiger partial charge in [-0.2, -0.15) is 0 Å². The number of fused-ring (bicyclic) bond motifs is 1. The molecule has 1 heterocycles. The number of rotatable bonds is 3. The first-order valence-corrected chi connectivity index (χ1v) is 5.99. The van der Waals surface area contributed by atoms with Gasteiger partial charge in [-0.3, -0.25) is 4.57 Å². The molecule has 0 unspecified atom stereocenters. The lowest BCUT2D eigenvalue weighted by Crippen LogP contribution is -2.25.